The van der Waals surface area contributed by atoms with Gasteiger partial charge >= 0.3 is 0 Å². The standard InChI is InChI=1S/C23H19N3OS/c1-16-7-5-6-10-20(16)22-25-26-23(28-22)24-21(27)19-13-11-18(12-14-19)15-17-8-3-2-4-9-17/h2-14H,15H2,1H3,(H,24,26,27). The van der Waals surface area contributed by atoms with Gasteiger partial charge in [-0.1, -0.05) is 78.1 Å². The lowest BCUT2D eigenvalue weighted by molar-refractivity contribution is 0.102. The SMILES string of the molecule is Cc1ccccc1-c1nnc(NC(=O)c2ccc(Cc3ccccc3)cc2)s1. The van der Waals surface area contributed by atoms with Gasteiger partial charge in [0.15, 0.2) is 0 Å². The number of aryl methyl sites for hydroxylation is 1. The molecule has 5 heteroatoms. The van der Waals surface area contributed by atoms with Crippen LogP contribution in [0.2, 0.25) is 0 Å². The average Bonchev–Trinajstić information content (AvgIpc) is 3.18. The first-order valence-electron chi connectivity index (χ1n) is 9.03. The highest BCUT2D eigenvalue weighted by molar-refractivity contribution is 7.18. The Morgan fingerprint density at radius 2 is 1.54 bits per heavy atom. The van der Waals surface area contributed by atoms with E-state index in [9.17, 15) is 4.79 Å². The molecule has 0 bridgehead atoms. The van der Waals surface area contributed by atoms with Gasteiger partial charge in [0.1, 0.15) is 5.01 Å². The van der Waals surface area contributed by atoms with Crippen LogP contribution in [0.25, 0.3) is 10.6 Å². The van der Waals surface area contributed by atoms with Crippen LogP contribution < -0.4 is 5.32 Å². The minimum atomic E-state index is -0.182. The van der Waals surface area contributed by atoms with Crippen molar-refractivity contribution >= 4 is 22.4 Å². The third kappa shape index (κ3) is 4.15. The van der Waals surface area contributed by atoms with Crippen LogP contribution >= 0.6 is 11.3 Å². The molecule has 1 heterocycles. The number of anilines is 1. The number of benzene rings is 3. The number of nitrogens with zero attached hydrogens (tertiary/aromatic N) is 2. The van der Waals surface area contributed by atoms with Crippen molar-refractivity contribution in [1.29, 1.82) is 0 Å². The maximum Gasteiger partial charge on any atom is 0.257 e. The molecule has 0 aliphatic rings. The van der Waals surface area contributed by atoms with Crippen molar-refractivity contribution in [2.75, 3.05) is 5.32 Å². The maximum atomic E-state index is 12.5. The van der Waals surface area contributed by atoms with Gasteiger partial charge in [-0.2, -0.15) is 0 Å². The fraction of sp³-hybridized carbons (Fsp3) is 0.0870. The highest BCUT2D eigenvalue weighted by Crippen LogP contribution is 2.28. The Balaban J connectivity index is 1.43. The first-order valence-corrected chi connectivity index (χ1v) is 9.84. The number of amides is 1. The second-order valence-corrected chi connectivity index (χ2v) is 7.52. The Hall–Kier alpha value is -3.31. The zero-order valence-electron chi connectivity index (χ0n) is 15.4. The Morgan fingerprint density at radius 3 is 2.29 bits per heavy atom. The van der Waals surface area contributed by atoms with Gasteiger partial charge in [-0.05, 0) is 42.2 Å². The van der Waals surface area contributed by atoms with Crippen LogP contribution in [0.3, 0.4) is 0 Å². The Morgan fingerprint density at radius 1 is 0.857 bits per heavy atom. The third-order valence-electron chi connectivity index (χ3n) is 4.49. The van der Waals surface area contributed by atoms with Crippen molar-refractivity contribution in [2.24, 2.45) is 0 Å². The lowest BCUT2D eigenvalue weighted by Gasteiger charge is -2.04. The van der Waals surface area contributed by atoms with Gasteiger partial charge in [-0.15, -0.1) is 10.2 Å². The van der Waals surface area contributed by atoms with Gasteiger partial charge in [0, 0.05) is 11.1 Å². The molecule has 0 unspecified atom stereocenters. The Labute approximate surface area is 167 Å². The molecule has 1 aromatic heterocycles. The fourth-order valence-corrected chi connectivity index (χ4v) is 3.80. The van der Waals surface area contributed by atoms with E-state index in [0.29, 0.717) is 10.7 Å². The van der Waals surface area contributed by atoms with Gasteiger partial charge in [-0.25, -0.2) is 0 Å². The summed E-state index contributed by atoms with van der Waals surface area (Å²) < 4.78 is 0. The summed E-state index contributed by atoms with van der Waals surface area (Å²) in [6, 6.07) is 25.9. The monoisotopic (exact) mass is 385 g/mol. The molecule has 0 spiro atoms. The molecule has 0 radical (unpaired) electrons. The maximum absolute atomic E-state index is 12.5. The lowest BCUT2D eigenvalue weighted by Crippen LogP contribution is -2.11. The summed E-state index contributed by atoms with van der Waals surface area (Å²) >= 11 is 1.37. The number of nitrogens with one attached hydrogen (secondary N) is 1. The van der Waals surface area contributed by atoms with Crippen molar-refractivity contribution in [2.45, 2.75) is 13.3 Å². The summed E-state index contributed by atoms with van der Waals surface area (Å²) in [6.07, 6.45) is 0.846. The summed E-state index contributed by atoms with van der Waals surface area (Å²) in [4.78, 5) is 12.5. The van der Waals surface area contributed by atoms with Crippen LogP contribution in [0.1, 0.15) is 27.0 Å². The smallest absolute Gasteiger partial charge is 0.257 e. The number of aromatic nitrogens is 2. The van der Waals surface area contributed by atoms with Crippen LogP contribution in [-0.4, -0.2) is 16.1 Å². The van der Waals surface area contributed by atoms with Crippen molar-refractivity contribution in [3.8, 4) is 10.6 Å². The molecule has 0 aliphatic heterocycles. The van der Waals surface area contributed by atoms with E-state index in [-0.39, 0.29) is 5.91 Å². The molecule has 1 N–H and O–H groups in total. The van der Waals surface area contributed by atoms with Gasteiger partial charge in [-0.3, -0.25) is 10.1 Å². The summed E-state index contributed by atoms with van der Waals surface area (Å²) in [5.74, 6) is -0.182. The molecule has 0 atom stereocenters. The number of hydrogen-bond acceptors (Lipinski definition) is 4. The third-order valence-corrected chi connectivity index (χ3v) is 5.36. The first kappa shape index (κ1) is 18.1. The van der Waals surface area contributed by atoms with Crippen LogP contribution in [0.15, 0.2) is 78.9 Å². The van der Waals surface area contributed by atoms with Crippen LogP contribution in [0.5, 0.6) is 0 Å². The summed E-state index contributed by atoms with van der Waals surface area (Å²) in [5, 5.41) is 12.5. The molecule has 138 valence electrons. The van der Waals surface area contributed by atoms with Crippen molar-refractivity contribution in [3.63, 3.8) is 0 Å². The molecule has 4 nitrogen and oxygen atoms in total. The molecule has 0 saturated carbocycles. The minimum Gasteiger partial charge on any atom is -0.296 e. The highest BCUT2D eigenvalue weighted by atomic mass is 32.1. The van der Waals surface area contributed by atoms with E-state index in [1.807, 2.05) is 73.7 Å². The number of rotatable bonds is 5. The number of hydrogen-bond donors (Lipinski definition) is 1. The molecule has 0 saturated heterocycles. The highest BCUT2D eigenvalue weighted by Gasteiger charge is 2.12. The van der Waals surface area contributed by atoms with Crippen LogP contribution in [0.4, 0.5) is 5.13 Å². The van der Waals surface area contributed by atoms with E-state index in [1.165, 1.54) is 22.5 Å². The molecule has 4 aromatic rings. The van der Waals surface area contributed by atoms with E-state index in [2.05, 4.69) is 27.6 Å². The normalized spacial score (nSPS) is 10.6. The summed E-state index contributed by atoms with van der Waals surface area (Å²) in [6.45, 7) is 2.03. The van der Waals surface area contributed by atoms with Crippen molar-refractivity contribution < 1.29 is 4.79 Å². The zero-order valence-corrected chi connectivity index (χ0v) is 16.2. The fourth-order valence-electron chi connectivity index (χ4n) is 2.97. The number of carbonyl (C=O) groups is 1. The van der Waals surface area contributed by atoms with E-state index >= 15 is 0 Å². The summed E-state index contributed by atoms with van der Waals surface area (Å²) in [5.41, 5.74) is 5.18. The largest absolute Gasteiger partial charge is 0.296 e. The Kier molecular flexibility index (Phi) is 5.26. The second-order valence-electron chi connectivity index (χ2n) is 6.54. The molecule has 0 aliphatic carbocycles. The van der Waals surface area contributed by atoms with Gasteiger partial charge in [0.25, 0.3) is 5.91 Å². The first-order chi connectivity index (χ1) is 13.7. The van der Waals surface area contributed by atoms with Gasteiger partial charge in [0.2, 0.25) is 5.13 Å². The van der Waals surface area contributed by atoms with E-state index < -0.39 is 0 Å². The number of carbonyl (C=O) groups excluding carboxylic acids is 1. The Bertz CT molecular complexity index is 1090. The summed E-state index contributed by atoms with van der Waals surface area (Å²) in [7, 11) is 0. The zero-order chi connectivity index (χ0) is 19.3. The van der Waals surface area contributed by atoms with Gasteiger partial charge in [0.05, 0.1) is 0 Å². The van der Waals surface area contributed by atoms with E-state index in [0.717, 1.165) is 22.6 Å². The molecule has 3 aromatic carbocycles. The molecule has 28 heavy (non-hydrogen) atoms. The second kappa shape index (κ2) is 8.15. The molecule has 4 rings (SSSR count). The van der Waals surface area contributed by atoms with Crippen LogP contribution in [-0.2, 0) is 6.42 Å². The van der Waals surface area contributed by atoms with Gasteiger partial charge < -0.3 is 0 Å². The van der Waals surface area contributed by atoms with Crippen molar-refractivity contribution in [1.82, 2.24) is 10.2 Å². The molecule has 1 amide bonds. The van der Waals surface area contributed by atoms with Crippen LogP contribution in [0, 0.1) is 6.92 Å². The minimum absolute atomic E-state index is 0.182. The molecular weight excluding hydrogens is 366 g/mol. The molecule has 0 fully saturated rings. The topological polar surface area (TPSA) is 54.9 Å². The predicted octanol–water partition coefficient (Wildman–Crippen LogP) is 5.36. The quantitative estimate of drug-likeness (QED) is 0.503. The lowest BCUT2D eigenvalue weighted by atomic mass is 10.0. The average molecular weight is 385 g/mol. The van der Waals surface area contributed by atoms with Crippen molar-refractivity contribution in [3.05, 3.63) is 101 Å². The predicted molar refractivity (Wildman–Crippen MR) is 114 cm³/mol. The van der Waals surface area contributed by atoms with E-state index in [1.54, 1.807) is 0 Å². The van der Waals surface area contributed by atoms with E-state index in [4.69, 9.17) is 0 Å². The molecular formula is C23H19N3OS.